The van der Waals surface area contributed by atoms with Crippen molar-refractivity contribution in [3.8, 4) is 0 Å². The smallest absolute Gasteiger partial charge is 0.181 e. The Hall–Kier alpha value is -1.38. The minimum atomic E-state index is 0.889. The molecular weight excluding hydrogens is 174 g/mol. The van der Waals surface area contributed by atoms with Crippen molar-refractivity contribution in [2.45, 2.75) is 33.1 Å². The van der Waals surface area contributed by atoms with Gasteiger partial charge in [-0.2, -0.15) is 5.10 Å². The molecule has 0 aromatic carbocycles. The van der Waals surface area contributed by atoms with Crippen LogP contribution in [0.4, 0.5) is 0 Å². The summed E-state index contributed by atoms with van der Waals surface area (Å²) < 4.78 is 0. The van der Waals surface area contributed by atoms with Crippen LogP contribution in [0.5, 0.6) is 0 Å². The molecule has 0 unspecified atom stereocenters. The van der Waals surface area contributed by atoms with E-state index in [0.29, 0.717) is 0 Å². The van der Waals surface area contributed by atoms with Crippen molar-refractivity contribution < 1.29 is 0 Å². The van der Waals surface area contributed by atoms with Gasteiger partial charge in [-0.3, -0.25) is 5.10 Å². The summed E-state index contributed by atoms with van der Waals surface area (Å²) in [6.45, 7) is 4.17. The van der Waals surface area contributed by atoms with Crippen LogP contribution in [-0.4, -0.2) is 15.2 Å². The first kappa shape index (κ1) is 7.97. The minimum Gasteiger partial charge on any atom is -0.280 e. The third kappa shape index (κ3) is 0.870. The zero-order valence-electron chi connectivity index (χ0n) is 8.52. The molecule has 0 saturated heterocycles. The number of fused-ring (bicyclic) bond motifs is 3. The molecule has 0 radical (unpaired) electrons. The highest BCUT2D eigenvalue weighted by molar-refractivity contribution is 5.83. The first-order valence-corrected chi connectivity index (χ1v) is 5.10. The lowest BCUT2D eigenvalue weighted by Crippen LogP contribution is -1.93. The number of pyridine rings is 1. The number of nitrogens with zero attached hydrogens (tertiary/aromatic N) is 2. The first-order valence-electron chi connectivity index (χ1n) is 5.10. The molecule has 1 aliphatic rings. The van der Waals surface area contributed by atoms with Crippen molar-refractivity contribution in [2.24, 2.45) is 0 Å². The van der Waals surface area contributed by atoms with Crippen molar-refractivity contribution in [2.75, 3.05) is 0 Å². The third-order valence-electron chi connectivity index (χ3n) is 3.16. The van der Waals surface area contributed by atoms with E-state index < -0.39 is 0 Å². The van der Waals surface area contributed by atoms with Crippen LogP contribution in [0, 0.1) is 13.8 Å². The SMILES string of the molecule is Cc1nc2n[nH]c(C)c2c2c1CCC2. The number of hydrogen-bond acceptors (Lipinski definition) is 2. The van der Waals surface area contributed by atoms with Gasteiger partial charge in [-0.25, -0.2) is 4.98 Å². The second-order valence-electron chi connectivity index (χ2n) is 4.06. The number of hydrogen-bond donors (Lipinski definition) is 1. The molecule has 0 spiro atoms. The zero-order chi connectivity index (χ0) is 9.71. The molecule has 2 heterocycles. The Morgan fingerprint density at radius 3 is 2.79 bits per heavy atom. The van der Waals surface area contributed by atoms with Gasteiger partial charge in [0.1, 0.15) is 0 Å². The van der Waals surface area contributed by atoms with Gasteiger partial charge in [-0.05, 0) is 44.2 Å². The van der Waals surface area contributed by atoms with E-state index in [9.17, 15) is 0 Å². The molecule has 72 valence electrons. The van der Waals surface area contributed by atoms with Gasteiger partial charge < -0.3 is 0 Å². The minimum absolute atomic E-state index is 0.889. The molecule has 1 N–H and O–H groups in total. The van der Waals surface area contributed by atoms with Gasteiger partial charge >= 0.3 is 0 Å². The summed E-state index contributed by atoms with van der Waals surface area (Å²) >= 11 is 0. The first-order chi connectivity index (χ1) is 6.77. The number of H-pyrrole nitrogens is 1. The maximum absolute atomic E-state index is 4.53. The van der Waals surface area contributed by atoms with Crippen molar-refractivity contribution in [3.63, 3.8) is 0 Å². The average Bonchev–Trinajstić information content (AvgIpc) is 2.72. The molecule has 3 heteroatoms. The van der Waals surface area contributed by atoms with Gasteiger partial charge in [0, 0.05) is 16.8 Å². The fraction of sp³-hybridized carbons (Fsp3) is 0.455. The van der Waals surface area contributed by atoms with Crippen LogP contribution in [0.1, 0.15) is 28.9 Å². The van der Waals surface area contributed by atoms with Crippen LogP contribution in [-0.2, 0) is 12.8 Å². The van der Waals surface area contributed by atoms with Crippen LogP contribution < -0.4 is 0 Å². The predicted octanol–water partition coefficient (Wildman–Crippen LogP) is 2.06. The summed E-state index contributed by atoms with van der Waals surface area (Å²) in [5.74, 6) is 0. The highest BCUT2D eigenvalue weighted by Gasteiger charge is 2.20. The topological polar surface area (TPSA) is 41.6 Å². The number of aryl methyl sites for hydroxylation is 3. The standard InChI is InChI=1S/C11H13N3/c1-6-8-4-3-5-9(8)10-7(2)13-14-11(10)12-6/h3-5H2,1-2H3,(H,12,13,14). The van der Waals surface area contributed by atoms with E-state index in [0.717, 1.165) is 17.0 Å². The molecule has 2 aromatic heterocycles. The molecule has 0 bridgehead atoms. The van der Waals surface area contributed by atoms with Crippen molar-refractivity contribution >= 4 is 11.0 Å². The van der Waals surface area contributed by atoms with E-state index in [-0.39, 0.29) is 0 Å². The maximum atomic E-state index is 4.53. The van der Waals surface area contributed by atoms with Crippen LogP contribution in [0.2, 0.25) is 0 Å². The van der Waals surface area contributed by atoms with Gasteiger partial charge in [-0.15, -0.1) is 0 Å². The Morgan fingerprint density at radius 2 is 1.93 bits per heavy atom. The lowest BCUT2D eigenvalue weighted by molar-refractivity contribution is 0.907. The molecule has 3 nitrogen and oxygen atoms in total. The monoisotopic (exact) mass is 187 g/mol. The van der Waals surface area contributed by atoms with Gasteiger partial charge in [0.05, 0.1) is 0 Å². The number of nitrogens with one attached hydrogen (secondary N) is 1. The van der Waals surface area contributed by atoms with E-state index in [1.807, 2.05) is 0 Å². The summed E-state index contributed by atoms with van der Waals surface area (Å²) in [5.41, 5.74) is 6.16. The van der Waals surface area contributed by atoms with E-state index in [1.165, 1.54) is 35.8 Å². The van der Waals surface area contributed by atoms with Gasteiger partial charge in [0.25, 0.3) is 0 Å². The van der Waals surface area contributed by atoms with Crippen LogP contribution in [0.15, 0.2) is 0 Å². The molecule has 14 heavy (non-hydrogen) atoms. The number of rotatable bonds is 0. The molecule has 1 aliphatic carbocycles. The molecule has 0 atom stereocenters. The highest BCUT2D eigenvalue weighted by Crippen LogP contribution is 2.31. The Kier molecular flexibility index (Phi) is 1.46. The quantitative estimate of drug-likeness (QED) is 0.686. The highest BCUT2D eigenvalue weighted by atomic mass is 15.1. The largest absolute Gasteiger partial charge is 0.280 e. The fourth-order valence-corrected chi connectivity index (χ4v) is 2.50. The van der Waals surface area contributed by atoms with Crippen LogP contribution in [0.3, 0.4) is 0 Å². The molecule has 0 amide bonds. The number of aromatic nitrogens is 3. The van der Waals surface area contributed by atoms with Gasteiger partial charge in [-0.1, -0.05) is 0 Å². The Bertz CT molecular complexity index is 511. The Labute approximate surface area is 82.5 Å². The van der Waals surface area contributed by atoms with Crippen LogP contribution >= 0.6 is 0 Å². The summed E-state index contributed by atoms with van der Waals surface area (Å²) in [6.07, 6.45) is 3.64. The van der Waals surface area contributed by atoms with E-state index >= 15 is 0 Å². The lowest BCUT2D eigenvalue weighted by Gasteiger charge is -2.04. The average molecular weight is 187 g/mol. The number of aromatic amines is 1. The zero-order valence-corrected chi connectivity index (χ0v) is 8.52. The molecule has 0 aliphatic heterocycles. The van der Waals surface area contributed by atoms with Crippen molar-refractivity contribution in [3.05, 3.63) is 22.5 Å². The molecule has 2 aromatic rings. The van der Waals surface area contributed by atoms with Gasteiger partial charge in [0.2, 0.25) is 0 Å². The fourth-order valence-electron chi connectivity index (χ4n) is 2.50. The summed E-state index contributed by atoms with van der Waals surface area (Å²) in [4.78, 5) is 4.53. The summed E-state index contributed by atoms with van der Waals surface area (Å²) in [5, 5.41) is 8.51. The Morgan fingerprint density at radius 1 is 1.14 bits per heavy atom. The van der Waals surface area contributed by atoms with E-state index in [4.69, 9.17) is 0 Å². The normalized spacial score (nSPS) is 15.0. The second kappa shape index (κ2) is 2.56. The van der Waals surface area contributed by atoms with E-state index in [2.05, 4.69) is 29.0 Å². The third-order valence-corrected chi connectivity index (χ3v) is 3.16. The molecular formula is C11H13N3. The van der Waals surface area contributed by atoms with Gasteiger partial charge in [0.15, 0.2) is 5.65 Å². The molecule has 0 saturated carbocycles. The lowest BCUT2D eigenvalue weighted by atomic mass is 10.1. The van der Waals surface area contributed by atoms with Crippen LogP contribution in [0.25, 0.3) is 11.0 Å². The summed E-state index contributed by atoms with van der Waals surface area (Å²) in [7, 11) is 0. The summed E-state index contributed by atoms with van der Waals surface area (Å²) in [6, 6.07) is 0. The van der Waals surface area contributed by atoms with Crippen molar-refractivity contribution in [1.29, 1.82) is 0 Å². The Balaban J connectivity index is 2.49. The molecule has 3 rings (SSSR count). The predicted molar refractivity (Wildman–Crippen MR) is 55.4 cm³/mol. The van der Waals surface area contributed by atoms with Crippen molar-refractivity contribution in [1.82, 2.24) is 15.2 Å². The molecule has 0 fully saturated rings. The maximum Gasteiger partial charge on any atom is 0.181 e. The second-order valence-corrected chi connectivity index (χ2v) is 4.06. The van der Waals surface area contributed by atoms with E-state index in [1.54, 1.807) is 0 Å².